The van der Waals surface area contributed by atoms with E-state index in [1.165, 1.54) is 18.5 Å². The molecule has 3 aromatic rings. The number of fused-ring (bicyclic) bond motifs is 1. The number of benzene rings is 1. The minimum Gasteiger partial charge on any atom is -0.467 e. The number of amides is 1. The van der Waals surface area contributed by atoms with Gasteiger partial charge in [0, 0.05) is 18.4 Å². The monoisotopic (exact) mass is 407 g/mol. The second-order valence-electron chi connectivity index (χ2n) is 7.24. The van der Waals surface area contributed by atoms with Crippen molar-refractivity contribution >= 4 is 17.4 Å². The summed E-state index contributed by atoms with van der Waals surface area (Å²) in [5, 5.41) is 2.96. The summed E-state index contributed by atoms with van der Waals surface area (Å²) in [6.07, 6.45) is 5.47. The van der Waals surface area contributed by atoms with Gasteiger partial charge in [-0.1, -0.05) is 18.6 Å². The van der Waals surface area contributed by atoms with Gasteiger partial charge in [0.05, 0.1) is 23.0 Å². The van der Waals surface area contributed by atoms with Gasteiger partial charge in [-0.3, -0.25) is 14.7 Å². The van der Waals surface area contributed by atoms with Gasteiger partial charge in [-0.15, -0.1) is 0 Å². The van der Waals surface area contributed by atoms with Gasteiger partial charge in [0.1, 0.15) is 5.82 Å². The molecule has 8 heteroatoms. The number of carbonyl (C=O) groups excluding carboxylic acids is 1. The summed E-state index contributed by atoms with van der Waals surface area (Å²) in [5.41, 5.74) is 2.24. The Morgan fingerprint density at radius 3 is 2.97 bits per heavy atom. The van der Waals surface area contributed by atoms with E-state index in [9.17, 15) is 9.18 Å². The number of aryl methyl sites for hydroxylation is 1. The number of nitrogens with zero attached hydrogens (tertiary/aromatic N) is 4. The Morgan fingerprint density at radius 2 is 2.17 bits per heavy atom. The smallest absolute Gasteiger partial charge is 0.255 e. The molecule has 4 rings (SSSR count). The SMILES string of the molecule is CCC(C)NC(=O)c1cnccc1N1COc2cnc(-c3cc(C)ccc3F)nc21. The molecule has 3 heterocycles. The van der Waals surface area contributed by atoms with E-state index in [1.807, 2.05) is 20.8 Å². The van der Waals surface area contributed by atoms with E-state index in [0.29, 0.717) is 28.4 Å². The molecule has 0 spiro atoms. The highest BCUT2D eigenvalue weighted by molar-refractivity contribution is 6.00. The van der Waals surface area contributed by atoms with E-state index < -0.39 is 5.82 Å². The third kappa shape index (κ3) is 3.68. The van der Waals surface area contributed by atoms with Crippen LogP contribution < -0.4 is 15.0 Å². The number of hydrogen-bond donors (Lipinski definition) is 1. The van der Waals surface area contributed by atoms with Gasteiger partial charge in [-0.2, -0.15) is 0 Å². The first-order chi connectivity index (χ1) is 14.5. The standard InChI is InChI=1S/C22H22FN5O2/c1-4-14(3)26-22(29)16-10-24-8-7-18(16)28-12-30-19-11-25-20(27-21(19)28)15-9-13(2)5-6-17(15)23/h5-11,14H,4,12H2,1-3H3,(H,26,29). The minimum absolute atomic E-state index is 0.0332. The average molecular weight is 407 g/mol. The first-order valence-corrected chi connectivity index (χ1v) is 9.76. The van der Waals surface area contributed by atoms with Gasteiger partial charge in [0.2, 0.25) is 0 Å². The summed E-state index contributed by atoms with van der Waals surface area (Å²) >= 11 is 0. The van der Waals surface area contributed by atoms with Crippen molar-refractivity contribution in [1.82, 2.24) is 20.3 Å². The molecule has 0 bridgehead atoms. The zero-order valence-electron chi connectivity index (χ0n) is 17.0. The maximum Gasteiger partial charge on any atom is 0.255 e. The molecule has 1 aromatic carbocycles. The Kier molecular flexibility index (Phi) is 5.31. The summed E-state index contributed by atoms with van der Waals surface area (Å²) in [7, 11) is 0. The fraction of sp³-hybridized carbons (Fsp3) is 0.273. The van der Waals surface area contributed by atoms with Gasteiger partial charge in [-0.05, 0) is 38.5 Å². The van der Waals surface area contributed by atoms with Crippen molar-refractivity contribution in [2.75, 3.05) is 11.6 Å². The van der Waals surface area contributed by atoms with Crippen LogP contribution in [0.5, 0.6) is 5.75 Å². The molecule has 30 heavy (non-hydrogen) atoms. The predicted molar refractivity (Wildman–Crippen MR) is 111 cm³/mol. The van der Waals surface area contributed by atoms with Crippen molar-refractivity contribution in [3.63, 3.8) is 0 Å². The Bertz CT molecular complexity index is 1100. The second kappa shape index (κ2) is 8.06. The molecule has 1 amide bonds. The lowest BCUT2D eigenvalue weighted by Crippen LogP contribution is -2.33. The molecule has 0 fully saturated rings. The van der Waals surface area contributed by atoms with Crippen LogP contribution in [-0.2, 0) is 0 Å². The van der Waals surface area contributed by atoms with Crippen LogP contribution in [0.15, 0.2) is 42.9 Å². The van der Waals surface area contributed by atoms with Crippen LogP contribution in [0.3, 0.4) is 0 Å². The van der Waals surface area contributed by atoms with E-state index in [1.54, 1.807) is 29.3 Å². The number of carbonyl (C=O) groups is 1. The van der Waals surface area contributed by atoms with E-state index in [0.717, 1.165) is 12.0 Å². The van der Waals surface area contributed by atoms with Gasteiger partial charge in [-0.25, -0.2) is 14.4 Å². The fourth-order valence-corrected chi connectivity index (χ4v) is 3.18. The van der Waals surface area contributed by atoms with Crippen molar-refractivity contribution in [2.24, 2.45) is 0 Å². The Labute approximate surface area is 174 Å². The minimum atomic E-state index is -0.399. The Morgan fingerprint density at radius 1 is 1.33 bits per heavy atom. The van der Waals surface area contributed by atoms with Crippen molar-refractivity contribution in [3.05, 3.63) is 59.8 Å². The number of rotatable bonds is 5. The molecule has 0 aliphatic carbocycles. The maximum atomic E-state index is 14.4. The Hall–Kier alpha value is -3.55. The molecule has 0 saturated heterocycles. The largest absolute Gasteiger partial charge is 0.467 e. The number of aromatic nitrogens is 3. The lowest BCUT2D eigenvalue weighted by atomic mass is 10.1. The van der Waals surface area contributed by atoms with Crippen molar-refractivity contribution in [3.8, 4) is 17.1 Å². The van der Waals surface area contributed by atoms with Crippen LogP contribution >= 0.6 is 0 Å². The van der Waals surface area contributed by atoms with Crippen LogP contribution in [0.25, 0.3) is 11.4 Å². The molecule has 1 N–H and O–H groups in total. The molecule has 1 atom stereocenters. The molecule has 2 aromatic heterocycles. The third-order valence-electron chi connectivity index (χ3n) is 5.03. The highest BCUT2D eigenvalue weighted by Gasteiger charge is 2.29. The van der Waals surface area contributed by atoms with Crippen molar-refractivity contribution < 1.29 is 13.9 Å². The number of hydrogen-bond acceptors (Lipinski definition) is 6. The normalized spacial score (nSPS) is 13.5. The molecule has 0 saturated carbocycles. The topological polar surface area (TPSA) is 80.2 Å². The molecule has 1 aliphatic heterocycles. The third-order valence-corrected chi connectivity index (χ3v) is 5.03. The second-order valence-corrected chi connectivity index (χ2v) is 7.24. The summed E-state index contributed by atoms with van der Waals surface area (Å²) < 4.78 is 20.1. The molecule has 0 radical (unpaired) electrons. The quantitative estimate of drug-likeness (QED) is 0.689. The lowest BCUT2D eigenvalue weighted by molar-refractivity contribution is 0.0939. The van der Waals surface area contributed by atoms with E-state index in [4.69, 9.17) is 4.74 Å². The van der Waals surface area contributed by atoms with Gasteiger partial charge in [0.25, 0.3) is 5.91 Å². The summed E-state index contributed by atoms with van der Waals surface area (Å²) in [6.45, 7) is 5.99. The van der Waals surface area contributed by atoms with Crippen molar-refractivity contribution in [1.29, 1.82) is 0 Å². The molecule has 1 unspecified atom stereocenters. The molecule has 154 valence electrons. The fourth-order valence-electron chi connectivity index (χ4n) is 3.18. The highest BCUT2D eigenvalue weighted by Crippen LogP contribution is 2.39. The van der Waals surface area contributed by atoms with E-state index >= 15 is 0 Å². The highest BCUT2D eigenvalue weighted by atomic mass is 19.1. The van der Waals surface area contributed by atoms with Crippen LogP contribution in [0.2, 0.25) is 0 Å². The Balaban J connectivity index is 1.74. The molecular formula is C22H22FN5O2. The summed E-state index contributed by atoms with van der Waals surface area (Å²) in [5.74, 6) is 0.579. The number of ether oxygens (including phenoxy) is 1. The first kappa shape index (κ1) is 19.8. The van der Waals surface area contributed by atoms with Crippen LogP contribution in [0.4, 0.5) is 15.9 Å². The number of nitrogens with one attached hydrogen (secondary N) is 1. The van der Waals surface area contributed by atoms with E-state index in [2.05, 4.69) is 20.3 Å². The molecular weight excluding hydrogens is 385 g/mol. The van der Waals surface area contributed by atoms with Crippen LogP contribution in [-0.4, -0.2) is 33.6 Å². The number of halogens is 1. The predicted octanol–water partition coefficient (Wildman–Crippen LogP) is 4.00. The van der Waals surface area contributed by atoms with Crippen LogP contribution in [0.1, 0.15) is 36.2 Å². The van der Waals surface area contributed by atoms with Crippen molar-refractivity contribution in [2.45, 2.75) is 33.2 Å². The van der Waals surface area contributed by atoms with Gasteiger partial charge in [0.15, 0.2) is 24.1 Å². The maximum absolute atomic E-state index is 14.4. The molecule has 1 aliphatic rings. The number of anilines is 2. The zero-order chi connectivity index (χ0) is 21.3. The summed E-state index contributed by atoms with van der Waals surface area (Å²) in [4.78, 5) is 27.5. The van der Waals surface area contributed by atoms with Gasteiger partial charge < -0.3 is 10.1 Å². The van der Waals surface area contributed by atoms with E-state index in [-0.39, 0.29) is 24.5 Å². The zero-order valence-corrected chi connectivity index (χ0v) is 17.0. The van der Waals surface area contributed by atoms with Gasteiger partial charge >= 0.3 is 0 Å². The average Bonchev–Trinajstić information content (AvgIpc) is 3.18. The summed E-state index contributed by atoms with van der Waals surface area (Å²) in [6, 6.07) is 6.57. The first-order valence-electron chi connectivity index (χ1n) is 9.76. The molecule has 7 nitrogen and oxygen atoms in total. The lowest BCUT2D eigenvalue weighted by Gasteiger charge is -2.20. The number of pyridine rings is 1. The van der Waals surface area contributed by atoms with Crippen LogP contribution in [0, 0.1) is 12.7 Å².